The lowest BCUT2D eigenvalue weighted by molar-refractivity contribution is -0.144. The number of benzene rings is 2. The molecule has 0 spiro atoms. The molecular weight excluding hydrogens is 779 g/mol. The number of H-pyrrole nitrogens is 1. The summed E-state index contributed by atoms with van der Waals surface area (Å²) in [6, 6.07) is 16.1. The Morgan fingerprint density at radius 3 is 2.49 bits per heavy atom. The number of aromatic amines is 1. The molecule has 0 radical (unpaired) electrons. The molecule has 2 saturated heterocycles. The molecule has 0 aliphatic carbocycles. The smallest absolute Gasteiger partial charge is 0.274 e. The molecule has 16 nitrogen and oxygen atoms in total. The maximum Gasteiger partial charge on any atom is 0.274 e. The van der Waals surface area contributed by atoms with Gasteiger partial charge in [-0.05, 0) is 54.8 Å². The number of methoxy groups -OCH3 is 2. The number of rotatable bonds is 14. The fourth-order valence-electron chi connectivity index (χ4n) is 7.77. The Hall–Kier alpha value is -6.44. The van der Waals surface area contributed by atoms with Crippen molar-refractivity contribution in [3.05, 3.63) is 83.7 Å². The summed E-state index contributed by atoms with van der Waals surface area (Å²) in [5, 5.41) is 26.2. The zero-order valence-electron chi connectivity index (χ0n) is 35.5. The van der Waals surface area contributed by atoms with Crippen LogP contribution in [0.25, 0.3) is 11.4 Å². The van der Waals surface area contributed by atoms with Gasteiger partial charge in [0.15, 0.2) is 0 Å². The molecule has 0 saturated carbocycles. The highest BCUT2D eigenvalue weighted by atomic mass is 16.5. The third-order valence-corrected chi connectivity index (χ3v) is 11.1. The second kappa shape index (κ2) is 19.3. The van der Waals surface area contributed by atoms with Gasteiger partial charge in [0, 0.05) is 87.2 Å². The monoisotopic (exact) mass is 833 g/mol. The maximum atomic E-state index is 14.1. The van der Waals surface area contributed by atoms with E-state index in [9.17, 15) is 24.3 Å². The van der Waals surface area contributed by atoms with E-state index in [1.54, 1.807) is 55.8 Å². The zero-order valence-corrected chi connectivity index (χ0v) is 35.5. The number of aliphatic hydroxyl groups excluding tert-OH is 1. The maximum absolute atomic E-state index is 14.1. The number of piperazine rings is 1. The zero-order chi connectivity index (χ0) is 43.8. The van der Waals surface area contributed by atoms with Crippen molar-refractivity contribution in [2.45, 2.75) is 71.3 Å². The van der Waals surface area contributed by atoms with Gasteiger partial charge in [0.05, 0.1) is 37.4 Å². The first-order valence-corrected chi connectivity index (χ1v) is 20.3. The number of β-amino-alcohol motifs (C(OH)–C–C–N with tert-alkyl or cyclic N) is 1. The number of likely N-dealkylation sites (tertiary alicyclic amines) is 1. The van der Waals surface area contributed by atoms with Crippen LogP contribution < -0.4 is 30.3 Å². The van der Waals surface area contributed by atoms with Gasteiger partial charge in [-0.25, -0.2) is 4.98 Å². The number of ether oxygens (including phenoxy) is 2. The molecule has 2 fully saturated rings. The summed E-state index contributed by atoms with van der Waals surface area (Å²) < 4.78 is 11.1. The van der Waals surface area contributed by atoms with E-state index in [4.69, 9.17) is 15.9 Å². The van der Waals surface area contributed by atoms with Crippen LogP contribution in [0.1, 0.15) is 62.2 Å². The Morgan fingerprint density at radius 2 is 1.80 bits per heavy atom. The van der Waals surface area contributed by atoms with Crippen molar-refractivity contribution in [2.24, 2.45) is 5.41 Å². The lowest BCUT2D eigenvalue weighted by Gasteiger charge is -2.41. The number of aromatic nitrogens is 3. The molecule has 2 aromatic heterocycles. The molecule has 0 unspecified atom stereocenters. The molecule has 322 valence electrons. The molecule has 5 N–H and O–H groups in total. The topological polar surface area (TPSA) is 194 Å². The number of carbonyl (C=O) groups is 4. The summed E-state index contributed by atoms with van der Waals surface area (Å²) in [5.41, 5.74) is 3.67. The first kappa shape index (κ1) is 44.1. The van der Waals surface area contributed by atoms with Gasteiger partial charge in [-0.15, -0.1) is 6.42 Å². The molecule has 2 aromatic carbocycles. The van der Waals surface area contributed by atoms with Crippen LogP contribution in [0.3, 0.4) is 0 Å². The van der Waals surface area contributed by atoms with Crippen LogP contribution in [0.15, 0.2) is 66.9 Å². The second-order valence-corrected chi connectivity index (χ2v) is 16.5. The summed E-state index contributed by atoms with van der Waals surface area (Å²) >= 11 is 0. The van der Waals surface area contributed by atoms with Crippen molar-refractivity contribution < 1.29 is 33.8 Å². The van der Waals surface area contributed by atoms with Gasteiger partial charge in [-0.1, -0.05) is 38.8 Å². The van der Waals surface area contributed by atoms with Gasteiger partial charge in [0.2, 0.25) is 17.7 Å². The van der Waals surface area contributed by atoms with Crippen LogP contribution in [0.5, 0.6) is 11.5 Å². The van der Waals surface area contributed by atoms with Crippen LogP contribution in [0.4, 0.5) is 11.4 Å². The molecule has 6 rings (SSSR count). The number of pyridine rings is 1. The quantitative estimate of drug-likeness (QED) is 0.117. The minimum absolute atomic E-state index is 0.0236. The molecular formula is C45H55N9O7. The number of amides is 4. The van der Waals surface area contributed by atoms with E-state index in [-0.39, 0.29) is 49.5 Å². The summed E-state index contributed by atoms with van der Waals surface area (Å²) in [6.07, 6.45) is 6.49. The second-order valence-electron chi connectivity index (χ2n) is 16.5. The SMILES string of the molecule is C#Cc1ccc(CNC(=O)[C@@H]2C[C@@H](O)CN2C(=O)[C@@H](NC(=O)CCN2CCN(c3ccc(NC(=O)c4cccc(-c5ccn[nH]5)n4)c(OC)c3)[C@@H](C)C2)C(C)(C)C)c(OC)c1. The van der Waals surface area contributed by atoms with Crippen LogP contribution >= 0.6 is 0 Å². The number of aliphatic hydroxyl groups is 1. The van der Waals surface area contributed by atoms with Crippen molar-refractivity contribution in [1.82, 2.24) is 35.6 Å². The predicted octanol–water partition coefficient (Wildman–Crippen LogP) is 3.43. The number of carbonyl (C=O) groups excluding carboxylic acids is 4. The van der Waals surface area contributed by atoms with E-state index in [1.807, 2.05) is 39.0 Å². The molecule has 0 bridgehead atoms. The standard InChI is InChI=1S/C45H55N9O7/c1-8-29-12-13-30(38(22-29)60-6)25-46-43(58)37-24-32(55)27-54(37)44(59)41(45(3,4)5)50-40(56)17-19-52-20-21-53(28(2)26-52)31-14-15-35(39(23-31)61-7)49-42(57)36-11-9-10-33(48-36)34-16-18-47-51-34/h1,9-16,18,22-23,28,32,37,41,55H,17,19-21,24-27H2,2-7H3,(H,46,58)(H,47,51)(H,49,57)(H,50,56)/t28-,32+,37-,41+/m0/s1. The van der Waals surface area contributed by atoms with E-state index in [0.717, 1.165) is 5.69 Å². The van der Waals surface area contributed by atoms with Crippen molar-refractivity contribution in [2.75, 3.05) is 57.2 Å². The molecule has 2 aliphatic heterocycles. The predicted molar refractivity (Wildman–Crippen MR) is 231 cm³/mol. The summed E-state index contributed by atoms with van der Waals surface area (Å²) in [6.45, 7) is 10.4. The lowest BCUT2D eigenvalue weighted by Crippen LogP contribution is -2.58. The normalized spacial score (nSPS) is 18.5. The van der Waals surface area contributed by atoms with E-state index in [2.05, 4.69) is 53.8 Å². The Balaban J connectivity index is 1.02. The minimum atomic E-state index is -0.932. The van der Waals surface area contributed by atoms with Crippen molar-refractivity contribution in [3.8, 4) is 35.2 Å². The molecule has 4 aromatic rings. The number of anilines is 2. The Labute approximate surface area is 356 Å². The average molecular weight is 834 g/mol. The third-order valence-electron chi connectivity index (χ3n) is 11.1. The molecule has 4 amide bonds. The van der Waals surface area contributed by atoms with Crippen LogP contribution in [0.2, 0.25) is 0 Å². The highest BCUT2D eigenvalue weighted by Gasteiger charge is 2.44. The van der Waals surface area contributed by atoms with Gasteiger partial charge in [-0.3, -0.25) is 29.2 Å². The third kappa shape index (κ3) is 10.7. The summed E-state index contributed by atoms with van der Waals surface area (Å²) in [7, 11) is 3.08. The van der Waals surface area contributed by atoms with E-state index in [1.165, 1.54) is 12.0 Å². The number of hydrogen-bond acceptors (Lipinski definition) is 11. The average Bonchev–Trinajstić information content (AvgIpc) is 3.94. The largest absolute Gasteiger partial charge is 0.496 e. The van der Waals surface area contributed by atoms with Crippen LogP contribution in [-0.2, 0) is 20.9 Å². The molecule has 4 atom stereocenters. The fraction of sp³-hybridized carbons (Fsp3) is 0.422. The first-order valence-electron chi connectivity index (χ1n) is 20.3. The highest BCUT2D eigenvalue weighted by molar-refractivity contribution is 6.04. The first-order chi connectivity index (χ1) is 29.2. The van der Waals surface area contributed by atoms with E-state index < -0.39 is 35.4 Å². The van der Waals surface area contributed by atoms with Gasteiger partial charge in [0.25, 0.3) is 5.91 Å². The van der Waals surface area contributed by atoms with Crippen molar-refractivity contribution in [1.29, 1.82) is 0 Å². The number of nitrogens with one attached hydrogen (secondary N) is 4. The van der Waals surface area contributed by atoms with E-state index >= 15 is 0 Å². The lowest BCUT2D eigenvalue weighted by atomic mass is 9.85. The van der Waals surface area contributed by atoms with Gasteiger partial charge >= 0.3 is 0 Å². The molecule has 16 heteroatoms. The Morgan fingerprint density at radius 1 is 1.02 bits per heavy atom. The highest BCUT2D eigenvalue weighted by Crippen LogP contribution is 2.32. The number of hydrogen-bond donors (Lipinski definition) is 5. The Bertz CT molecular complexity index is 2250. The molecule has 4 heterocycles. The van der Waals surface area contributed by atoms with Crippen LogP contribution in [-0.4, -0.2) is 125 Å². The van der Waals surface area contributed by atoms with Gasteiger partial charge < -0.3 is 40.3 Å². The Kier molecular flexibility index (Phi) is 14.0. The molecule has 61 heavy (non-hydrogen) atoms. The van der Waals surface area contributed by atoms with Crippen molar-refractivity contribution >= 4 is 35.0 Å². The van der Waals surface area contributed by atoms with Crippen LogP contribution in [0, 0.1) is 17.8 Å². The molecule has 2 aliphatic rings. The summed E-state index contributed by atoms with van der Waals surface area (Å²) in [4.78, 5) is 64.6. The fourth-order valence-corrected chi connectivity index (χ4v) is 7.77. The summed E-state index contributed by atoms with van der Waals surface area (Å²) in [5.74, 6) is 2.10. The number of terminal acetylenes is 1. The van der Waals surface area contributed by atoms with Gasteiger partial charge in [-0.2, -0.15) is 5.10 Å². The van der Waals surface area contributed by atoms with Gasteiger partial charge in [0.1, 0.15) is 29.3 Å². The van der Waals surface area contributed by atoms with Crippen molar-refractivity contribution in [3.63, 3.8) is 0 Å². The van der Waals surface area contributed by atoms with E-state index in [0.29, 0.717) is 65.9 Å². The minimum Gasteiger partial charge on any atom is -0.496 e. The number of nitrogens with zero attached hydrogens (tertiary/aromatic N) is 5.